The highest BCUT2D eigenvalue weighted by atomic mass is 35.5. The zero-order valence-corrected chi connectivity index (χ0v) is 13.7. The van der Waals surface area contributed by atoms with E-state index >= 15 is 0 Å². The lowest BCUT2D eigenvalue weighted by Gasteiger charge is -2.28. The zero-order valence-electron chi connectivity index (χ0n) is 12.9. The molecule has 2 atom stereocenters. The molecule has 1 amide bonds. The fourth-order valence-electron chi connectivity index (χ4n) is 3.29. The van der Waals surface area contributed by atoms with Crippen molar-refractivity contribution in [1.29, 1.82) is 0 Å². The first-order valence-electron chi connectivity index (χ1n) is 7.86. The largest absolute Gasteiger partial charge is 0.355 e. The topological polar surface area (TPSA) is 41.1 Å². The van der Waals surface area contributed by atoms with Crippen molar-refractivity contribution < 1.29 is 9.18 Å². The van der Waals surface area contributed by atoms with Gasteiger partial charge in [0.1, 0.15) is 5.82 Å². The van der Waals surface area contributed by atoms with Crippen LogP contribution in [0.2, 0.25) is 0 Å². The minimum absolute atomic E-state index is 0. The van der Waals surface area contributed by atoms with Gasteiger partial charge >= 0.3 is 0 Å². The fourth-order valence-corrected chi connectivity index (χ4v) is 3.29. The van der Waals surface area contributed by atoms with Gasteiger partial charge in [-0.15, -0.1) is 12.4 Å². The Morgan fingerprint density at radius 2 is 2.05 bits per heavy atom. The van der Waals surface area contributed by atoms with Gasteiger partial charge in [-0.25, -0.2) is 4.39 Å². The molecular weight excluding hydrogens is 303 g/mol. The maximum absolute atomic E-state index is 13.0. The summed E-state index contributed by atoms with van der Waals surface area (Å²) in [6.45, 7) is 3.72. The second kappa shape index (κ2) is 6.97. The SMILES string of the molecule is C[C@H]1C[C@@H](C(=O)NCC2(c3ccc(F)cc3)CC2)CCN1.Cl. The van der Waals surface area contributed by atoms with E-state index in [9.17, 15) is 9.18 Å². The van der Waals surface area contributed by atoms with Crippen LogP contribution in [0.15, 0.2) is 24.3 Å². The maximum atomic E-state index is 13.0. The molecule has 1 saturated carbocycles. The van der Waals surface area contributed by atoms with Crippen LogP contribution in [0.3, 0.4) is 0 Å². The fraction of sp³-hybridized carbons (Fsp3) is 0.588. The molecule has 122 valence electrons. The molecule has 0 bridgehead atoms. The molecule has 2 N–H and O–H groups in total. The molecule has 1 aromatic carbocycles. The summed E-state index contributed by atoms with van der Waals surface area (Å²) < 4.78 is 13.0. The first-order valence-corrected chi connectivity index (χ1v) is 7.86. The molecule has 1 aliphatic carbocycles. The second-order valence-electron chi connectivity index (χ2n) is 6.58. The standard InChI is InChI=1S/C17H23FN2O.ClH/c1-12-10-13(6-9-19-12)16(21)20-11-17(7-8-17)14-2-4-15(18)5-3-14;/h2-5,12-13,19H,6-11H2,1H3,(H,20,21);1H/t12-,13-;/m0./s1. The molecule has 2 fully saturated rings. The lowest BCUT2D eigenvalue weighted by Crippen LogP contribution is -2.44. The summed E-state index contributed by atoms with van der Waals surface area (Å²) >= 11 is 0. The van der Waals surface area contributed by atoms with E-state index in [2.05, 4.69) is 17.6 Å². The van der Waals surface area contributed by atoms with Gasteiger partial charge in [0.15, 0.2) is 0 Å². The Kier molecular flexibility index (Phi) is 5.45. The van der Waals surface area contributed by atoms with E-state index in [1.165, 1.54) is 12.1 Å². The van der Waals surface area contributed by atoms with Gasteiger partial charge in [0.2, 0.25) is 5.91 Å². The van der Waals surface area contributed by atoms with Crippen molar-refractivity contribution in [2.24, 2.45) is 5.92 Å². The van der Waals surface area contributed by atoms with E-state index < -0.39 is 0 Å². The van der Waals surface area contributed by atoms with Crippen LogP contribution in [0.1, 0.15) is 38.2 Å². The van der Waals surface area contributed by atoms with Crippen LogP contribution in [0, 0.1) is 11.7 Å². The van der Waals surface area contributed by atoms with E-state index in [4.69, 9.17) is 0 Å². The van der Waals surface area contributed by atoms with E-state index in [1.54, 1.807) is 0 Å². The monoisotopic (exact) mass is 326 g/mol. The van der Waals surface area contributed by atoms with Crippen LogP contribution >= 0.6 is 12.4 Å². The quantitative estimate of drug-likeness (QED) is 0.893. The van der Waals surface area contributed by atoms with E-state index in [1.807, 2.05) is 12.1 Å². The minimum Gasteiger partial charge on any atom is -0.355 e. The lowest BCUT2D eigenvalue weighted by molar-refractivity contribution is -0.126. The van der Waals surface area contributed by atoms with Crippen molar-refractivity contribution in [3.8, 4) is 0 Å². The maximum Gasteiger partial charge on any atom is 0.223 e. The molecule has 0 radical (unpaired) electrons. The number of hydrogen-bond donors (Lipinski definition) is 2. The number of amides is 1. The number of carbonyl (C=O) groups excluding carboxylic acids is 1. The first kappa shape index (κ1) is 17.2. The molecule has 1 heterocycles. The summed E-state index contributed by atoms with van der Waals surface area (Å²) in [7, 11) is 0. The molecule has 2 aliphatic rings. The molecule has 0 aromatic heterocycles. The van der Waals surface area contributed by atoms with Crippen LogP contribution in [-0.4, -0.2) is 25.0 Å². The van der Waals surface area contributed by atoms with Crippen molar-refractivity contribution in [1.82, 2.24) is 10.6 Å². The van der Waals surface area contributed by atoms with Crippen molar-refractivity contribution in [2.45, 2.75) is 44.1 Å². The lowest BCUT2D eigenvalue weighted by atomic mass is 9.91. The zero-order chi connectivity index (χ0) is 14.9. The third kappa shape index (κ3) is 3.79. The summed E-state index contributed by atoms with van der Waals surface area (Å²) in [5, 5.41) is 6.50. The van der Waals surface area contributed by atoms with Gasteiger partial charge in [-0.1, -0.05) is 12.1 Å². The van der Waals surface area contributed by atoms with Crippen molar-refractivity contribution in [2.75, 3.05) is 13.1 Å². The van der Waals surface area contributed by atoms with Gasteiger partial charge in [-0.3, -0.25) is 4.79 Å². The van der Waals surface area contributed by atoms with Gasteiger partial charge in [-0.2, -0.15) is 0 Å². The van der Waals surface area contributed by atoms with Gasteiger partial charge < -0.3 is 10.6 Å². The third-order valence-electron chi connectivity index (χ3n) is 4.91. The number of benzene rings is 1. The number of nitrogens with one attached hydrogen (secondary N) is 2. The molecule has 22 heavy (non-hydrogen) atoms. The predicted octanol–water partition coefficient (Wildman–Crippen LogP) is 2.78. The highest BCUT2D eigenvalue weighted by Crippen LogP contribution is 2.47. The van der Waals surface area contributed by atoms with Gasteiger partial charge in [0.25, 0.3) is 0 Å². The number of hydrogen-bond acceptors (Lipinski definition) is 2. The van der Waals surface area contributed by atoms with Crippen LogP contribution in [0.4, 0.5) is 4.39 Å². The van der Waals surface area contributed by atoms with Crippen LogP contribution < -0.4 is 10.6 Å². The van der Waals surface area contributed by atoms with Gasteiger partial charge in [0, 0.05) is 23.9 Å². The number of halogens is 2. The van der Waals surface area contributed by atoms with E-state index in [0.717, 1.165) is 37.8 Å². The van der Waals surface area contributed by atoms with Crippen molar-refractivity contribution in [3.05, 3.63) is 35.6 Å². The highest BCUT2D eigenvalue weighted by molar-refractivity contribution is 5.85. The molecule has 3 nitrogen and oxygen atoms in total. The second-order valence-corrected chi connectivity index (χ2v) is 6.58. The number of piperidine rings is 1. The van der Waals surface area contributed by atoms with E-state index in [-0.39, 0.29) is 35.5 Å². The Hall–Kier alpha value is -1.13. The molecule has 1 aromatic rings. The Bertz CT molecular complexity index is 516. The van der Waals surface area contributed by atoms with Crippen LogP contribution in [-0.2, 0) is 10.2 Å². The van der Waals surface area contributed by atoms with Gasteiger partial charge in [-0.05, 0) is 56.8 Å². The average molecular weight is 327 g/mol. The average Bonchev–Trinajstić information content (AvgIpc) is 3.27. The van der Waals surface area contributed by atoms with Crippen molar-refractivity contribution >= 4 is 18.3 Å². The van der Waals surface area contributed by atoms with Crippen LogP contribution in [0.25, 0.3) is 0 Å². The Labute approximate surface area is 137 Å². The van der Waals surface area contributed by atoms with Crippen LogP contribution in [0.5, 0.6) is 0 Å². The smallest absolute Gasteiger partial charge is 0.223 e. The normalized spacial score (nSPS) is 25.9. The Morgan fingerprint density at radius 3 is 2.64 bits per heavy atom. The summed E-state index contributed by atoms with van der Waals surface area (Å²) in [5.74, 6) is 0.101. The summed E-state index contributed by atoms with van der Waals surface area (Å²) in [6, 6.07) is 7.13. The molecule has 5 heteroatoms. The summed E-state index contributed by atoms with van der Waals surface area (Å²) in [6.07, 6.45) is 3.97. The molecule has 1 saturated heterocycles. The predicted molar refractivity (Wildman–Crippen MR) is 87.8 cm³/mol. The van der Waals surface area contributed by atoms with Gasteiger partial charge in [0.05, 0.1) is 0 Å². The Morgan fingerprint density at radius 1 is 1.36 bits per heavy atom. The summed E-state index contributed by atoms with van der Waals surface area (Å²) in [4.78, 5) is 12.3. The molecule has 0 spiro atoms. The van der Waals surface area contributed by atoms with Crippen molar-refractivity contribution in [3.63, 3.8) is 0 Å². The Balaban J connectivity index is 0.00000176. The van der Waals surface area contributed by atoms with E-state index in [0.29, 0.717) is 12.6 Å². The summed E-state index contributed by atoms with van der Waals surface area (Å²) in [5.41, 5.74) is 1.19. The first-order chi connectivity index (χ1) is 10.1. The minimum atomic E-state index is -0.206. The molecule has 1 aliphatic heterocycles. The third-order valence-corrected chi connectivity index (χ3v) is 4.91. The molecule has 0 unspecified atom stereocenters. The highest BCUT2D eigenvalue weighted by Gasteiger charge is 2.44. The number of rotatable bonds is 4. The molecular formula is C17H24ClFN2O. The molecule has 3 rings (SSSR count). The number of carbonyl (C=O) groups is 1.